The SMILES string of the molecule is O=C(Nc1cccc2ccccc12)N1CCc2ccccc2[C@H]1CO. The Hall–Kier alpha value is -2.85. The largest absolute Gasteiger partial charge is 0.394 e. The summed E-state index contributed by atoms with van der Waals surface area (Å²) >= 11 is 0. The van der Waals surface area contributed by atoms with E-state index in [4.69, 9.17) is 0 Å². The molecule has 2 N–H and O–H groups in total. The minimum atomic E-state index is -0.306. The molecule has 0 bridgehead atoms. The first kappa shape index (κ1) is 15.7. The number of carbonyl (C=O) groups excluding carboxylic acids is 1. The van der Waals surface area contributed by atoms with Crippen molar-refractivity contribution in [1.29, 1.82) is 0 Å². The molecule has 0 radical (unpaired) electrons. The van der Waals surface area contributed by atoms with Crippen LogP contribution >= 0.6 is 0 Å². The van der Waals surface area contributed by atoms with Crippen LogP contribution in [0.3, 0.4) is 0 Å². The van der Waals surface area contributed by atoms with Crippen molar-refractivity contribution in [1.82, 2.24) is 4.90 Å². The smallest absolute Gasteiger partial charge is 0.322 e. The van der Waals surface area contributed by atoms with E-state index < -0.39 is 0 Å². The minimum absolute atomic E-state index is 0.0834. The number of rotatable bonds is 2. The van der Waals surface area contributed by atoms with Crippen LogP contribution in [0, 0.1) is 0 Å². The molecular weight excluding hydrogens is 312 g/mol. The Kier molecular flexibility index (Phi) is 4.12. The van der Waals surface area contributed by atoms with Gasteiger partial charge in [0.1, 0.15) is 0 Å². The fourth-order valence-corrected chi connectivity index (χ4v) is 3.61. The lowest BCUT2D eigenvalue weighted by atomic mass is 9.93. The van der Waals surface area contributed by atoms with Crippen LogP contribution in [0.15, 0.2) is 66.7 Å². The van der Waals surface area contributed by atoms with Gasteiger partial charge in [-0.15, -0.1) is 0 Å². The Morgan fingerprint density at radius 2 is 1.80 bits per heavy atom. The molecule has 126 valence electrons. The molecular formula is C21H20N2O2. The van der Waals surface area contributed by atoms with Crippen molar-refractivity contribution in [2.45, 2.75) is 12.5 Å². The summed E-state index contributed by atoms with van der Waals surface area (Å²) in [4.78, 5) is 14.6. The quantitative estimate of drug-likeness (QED) is 0.746. The van der Waals surface area contributed by atoms with Crippen molar-refractivity contribution in [3.63, 3.8) is 0 Å². The van der Waals surface area contributed by atoms with Crippen LogP contribution < -0.4 is 5.32 Å². The lowest BCUT2D eigenvalue weighted by molar-refractivity contribution is 0.135. The van der Waals surface area contributed by atoms with E-state index >= 15 is 0 Å². The number of aliphatic hydroxyl groups excluding tert-OH is 1. The summed E-state index contributed by atoms with van der Waals surface area (Å²) in [5.74, 6) is 0. The van der Waals surface area contributed by atoms with Gasteiger partial charge in [0, 0.05) is 11.9 Å². The summed E-state index contributed by atoms with van der Waals surface area (Å²) in [5.41, 5.74) is 3.03. The highest BCUT2D eigenvalue weighted by Crippen LogP contribution is 2.30. The predicted molar refractivity (Wildman–Crippen MR) is 99.6 cm³/mol. The van der Waals surface area contributed by atoms with E-state index in [0.717, 1.165) is 28.4 Å². The van der Waals surface area contributed by atoms with E-state index in [0.29, 0.717) is 6.54 Å². The van der Waals surface area contributed by atoms with E-state index in [-0.39, 0.29) is 18.7 Å². The molecule has 0 aromatic heterocycles. The molecule has 2 amide bonds. The van der Waals surface area contributed by atoms with Crippen molar-refractivity contribution in [2.75, 3.05) is 18.5 Å². The van der Waals surface area contributed by atoms with Gasteiger partial charge in [-0.3, -0.25) is 0 Å². The van der Waals surface area contributed by atoms with E-state index in [1.54, 1.807) is 4.90 Å². The summed E-state index contributed by atoms with van der Waals surface area (Å²) in [6.45, 7) is 0.513. The number of amides is 2. The van der Waals surface area contributed by atoms with Crippen LogP contribution in [0.4, 0.5) is 10.5 Å². The van der Waals surface area contributed by atoms with Crippen molar-refractivity contribution < 1.29 is 9.90 Å². The number of nitrogens with one attached hydrogen (secondary N) is 1. The van der Waals surface area contributed by atoms with Crippen LogP contribution in [-0.2, 0) is 6.42 Å². The van der Waals surface area contributed by atoms with E-state index in [1.807, 2.05) is 60.7 Å². The second-order valence-corrected chi connectivity index (χ2v) is 6.30. The molecule has 0 saturated heterocycles. The zero-order valence-electron chi connectivity index (χ0n) is 13.9. The topological polar surface area (TPSA) is 52.6 Å². The second kappa shape index (κ2) is 6.57. The average Bonchev–Trinajstić information content (AvgIpc) is 2.67. The first-order chi connectivity index (χ1) is 12.3. The molecule has 3 aromatic rings. The van der Waals surface area contributed by atoms with Crippen LogP contribution in [0.2, 0.25) is 0 Å². The molecule has 1 heterocycles. The van der Waals surface area contributed by atoms with Gasteiger partial charge >= 0.3 is 6.03 Å². The van der Waals surface area contributed by atoms with Gasteiger partial charge in [0.25, 0.3) is 0 Å². The lowest BCUT2D eigenvalue weighted by Gasteiger charge is -2.36. The van der Waals surface area contributed by atoms with Crippen molar-refractivity contribution in [3.8, 4) is 0 Å². The van der Waals surface area contributed by atoms with E-state index in [9.17, 15) is 9.90 Å². The molecule has 3 aromatic carbocycles. The first-order valence-electron chi connectivity index (χ1n) is 8.52. The Morgan fingerprint density at radius 1 is 1.04 bits per heavy atom. The van der Waals surface area contributed by atoms with Crippen LogP contribution in [0.5, 0.6) is 0 Å². The zero-order valence-corrected chi connectivity index (χ0v) is 13.9. The Morgan fingerprint density at radius 3 is 2.68 bits per heavy atom. The summed E-state index contributed by atoms with van der Waals surface area (Å²) in [5, 5.41) is 15.0. The Labute approximate surface area is 146 Å². The molecule has 4 nitrogen and oxygen atoms in total. The Balaban J connectivity index is 1.63. The standard InChI is InChI=1S/C21H20N2O2/c24-14-20-18-10-4-2-7-16(18)12-13-23(20)21(25)22-19-11-5-8-15-6-1-3-9-17(15)19/h1-11,20,24H,12-14H2,(H,22,25)/t20-/m1/s1. The maximum Gasteiger partial charge on any atom is 0.322 e. The number of aliphatic hydroxyl groups is 1. The monoisotopic (exact) mass is 332 g/mol. The van der Waals surface area contributed by atoms with Crippen LogP contribution in [0.25, 0.3) is 10.8 Å². The zero-order chi connectivity index (χ0) is 17.2. The van der Waals surface area contributed by atoms with Crippen molar-refractivity contribution >= 4 is 22.5 Å². The highest BCUT2D eigenvalue weighted by atomic mass is 16.3. The lowest BCUT2D eigenvalue weighted by Crippen LogP contribution is -2.43. The van der Waals surface area contributed by atoms with Gasteiger partial charge in [0.05, 0.1) is 18.3 Å². The van der Waals surface area contributed by atoms with Gasteiger partial charge in [-0.05, 0) is 29.0 Å². The van der Waals surface area contributed by atoms with Crippen molar-refractivity contribution in [2.24, 2.45) is 0 Å². The van der Waals surface area contributed by atoms with E-state index in [1.165, 1.54) is 5.56 Å². The molecule has 1 aliphatic heterocycles. The molecule has 1 aliphatic rings. The fraction of sp³-hybridized carbons (Fsp3) is 0.190. The molecule has 0 spiro atoms. The number of nitrogens with zero attached hydrogens (tertiary/aromatic N) is 1. The summed E-state index contributed by atoms with van der Waals surface area (Å²) in [7, 11) is 0. The molecule has 25 heavy (non-hydrogen) atoms. The fourth-order valence-electron chi connectivity index (χ4n) is 3.61. The number of benzene rings is 3. The number of hydrogen-bond acceptors (Lipinski definition) is 2. The molecule has 0 fully saturated rings. The third-order valence-corrected chi connectivity index (χ3v) is 4.88. The van der Waals surface area contributed by atoms with Crippen LogP contribution in [-0.4, -0.2) is 29.2 Å². The van der Waals surface area contributed by atoms with Crippen LogP contribution in [0.1, 0.15) is 17.2 Å². The summed E-state index contributed by atoms with van der Waals surface area (Å²) in [6, 6.07) is 21.4. The molecule has 0 aliphatic carbocycles. The number of fused-ring (bicyclic) bond motifs is 2. The van der Waals surface area contributed by atoms with Gasteiger partial charge in [-0.25, -0.2) is 4.79 Å². The number of anilines is 1. The molecule has 0 saturated carbocycles. The predicted octanol–water partition coefficient (Wildman–Crippen LogP) is 3.96. The first-order valence-corrected chi connectivity index (χ1v) is 8.52. The Bertz CT molecular complexity index is 917. The number of carbonyl (C=O) groups is 1. The third-order valence-electron chi connectivity index (χ3n) is 4.88. The maximum absolute atomic E-state index is 12.9. The highest BCUT2D eigenvalue weighted by molar-refractivity contribution is 6.01. The van der Waals surface area contributed by atoms with Gasteiger partial charge in [-0.1, -0.05) is 60.7 Å². The molecule has 1 atom stereocenters. The maximum atomic E-state index is 12.9. The number of urea groups is 1. The minimum Gasteiger partial charge on any atom is -0.394 e. The number of hydrogen-bond donors (Lipinski definition) is 2. The average molecular weight is 332 g/mol. The van der Waals surface area contributed by atoms with E-state index in [2.05, 4.69) is 11.4 Å². The van der Waals surface area contributed by atoms with Gasteiger partial charge in [-0.2, -0.15) is 0 Å². The van der Waals surface area contributed by atoms with Crippen molar-refractivity contribution in [3.05, 3.63) is 77.9 Å². The van der Waals surface area contributed by atoms with Gasteiger partial charge in [0.2, 0.25) is 0 Å². The second-order valence-electron chi connectivity index (χ2n) is 6.30. The normalized spacial score (nSPS) is 16.5. The molecule has 4 heteroatoms. The highest BCUT2D eigenvalue weighted by Gasteiger charge is 2.30. The summed E-state index contributed by atoms with van der Waals surface area (Å²) in [6.07, 6.45) is 0.801. The summed E-state index contributed by atoms with van der Waals surface area (Å²) < 4.78 is 0. The molecule has 0 unspecified atom stereocenters. The van der Waals surface area contributed by atoms with Gasteiger partial charge < -0.3 is 15.3 Å². The van der Waals surface area contributed by atoms with Gasteiger partial charge in [0.15, 0.2) is 0 Å². The third kappa shape index (κ3) is 2.85. The molecule has 4 rings (SSSR count).